The summed E-state index contributed by atoms with van der Waals surface area (Å²) in [4.78, 5) is 5.11. The van der Waals surface area contributed by atoms with E-state index in [0.717, 1.165) is 80.3 Å². The number of rotatable bonds is 6. The number of likely N-dealkylation sites (N-methyl/N-ethyl adjacent to an activating group) is 1. The van der Waals surface area contributed by atoms with E-state index in [4.69, 9.17) is 4.52 Å². The molecule has 30 heavy (non-hydrogen) atoms. The molecule has 1 aromatic heterocycles. The quantitative estimate of drug-likeness (QED) is 0.662. The van der Waals surface area contributed by atoms with Gasteiger partial charge in [0.05, 0.1) is 5.56 Å². The lowest BCUT2D eigenvalue weighted by Crippen LogP contribution is -2.48. The second-order valence-electron chi connectivity index (χ2n) is 8.64. The van der Waals surface area contributed by atoms with Gasteiger partial charge in [-0.1, -0.05) is 42.4 Å². The Hall–Kier alpha value is -2.63. The molecule has 156 valence electrons. The smallest absolute Gasteiger partial charge is 0.152 e. The molecule has 2 aliphatic rings. The molecule has 0 unspecified atom stereocenters. The number of hydrogen-bond donors (Lipinski definition) is 1. The summed E-state index contributed by atoms with van der Waals surface area (Å²) in [6.45, 7) is 8.94. The molecule has 1 saturated heterocycles. The van der Waals surface area contributed by atoms with Crippen LogP contribution in [-0.2, 0) is 5.41 Å². The van der Waals surface area contributed by atoms with Crippen molar-refractivity contribution < 1.29 is 9.63 Å². The first-order chi connectivity index (χ1) is 14.7. The van der Waals surface area contributed by atoms with E-state index in [1.54, 1.807) is 12.1 Å². The zero-order chi connectivity index (χ0) is 20.6. The highest BCUT2D eigenvalue weighted by molar-refractivity contribution is 5.83. The van der Waals surface area contributed by atoms with Crippen LogP contribution in [0, 0.1) is 0 Å². The fourth-order valence-electron chi connectivity index (χ4n) is 4.64. The Morgan fingerprint density at radius 3 is 2.20 bits per heavy atom. The van der Waals surface area contributed by atoms with Gasteiger partial charge in [0.2, 0.25) is 0 Å². The molecule has 0 atom stereocenters. The molecule has 1 saturated carbocycles. The number of hydrogen-bond acceptors (Lipinski definition) is 5. The lowest BCUT2D eigenvalue weighted by atomic mass is 9.91. The first-order valence-electron chi connectivity index (χ1n) is 11.0. The standard InChI is InChI=1S/C25H29N3O2/c1-2-27-14-16-28(17-15-27)18-25(12-13-25)24-22(19-6-4-3-5-7-19)23(26-30-24)20-8-10-21(29)11-9-20/h3-11,29H,2,12-18H2,1H3. The van der Waals surface area contributed by atoms with Crippen LogP contribution < -0.4 is 0 Å². The number of benzene rings is 2. The van der Waals surface area contributed by atoms with Crippen molar-refractivity contribution in [2.75, 3.05) is 39.3 Å². The van der Waals surface area contributed by atoms with Gasteiger partial charge in [-0.2, -0.15) is 0 Å². The highest BCUT2D eigenvalue weighted by Gasteiger charge is 2.51. The van der Waals surface area contributed by atoms with Gasteiger partial charge in [-0.25, -0.2) is 0 Å². The molecule has 5 heteroatoms. The second kappa shape index (κ2) is 7.89. The molecule has 2 heterocycles. The topological polar surface area (TPSA) is 52.7 Å². The third kappa shape index (κ3) is 3.64. The summed E-state index contributed by atoms with van der Waals surface area (Å²) in [7, 11) is 0. The van der Waals surface area contributed by atoms with Crippen molar-refractivity contribution in [2.45, 2.75) is 25.2 Å². The first kappa shape index (κ1) is 19.3. The zero-order valence-electron chi connectivity index (χ0n) is 17.6. The average Bonchev–Trinajstić information content (AvgIpc) is 3.42. The maximum Gasteiger partial charge on any atom is 0.152 e. The fourth-order valence-corrected chi connectivity index (χ4v) is 4.64. The number of aromatic hydroxyl groups is 1. The molecule has 1 aliphatic carbocycles. The van der Waals surface area contributed by atoms with Crippen molar-refractivity contribution in [3.05, 3.63) is 60.4 Å². The van der Waals surface area contributed by atoms with Crippen molar-refractivity contribution in [2.24, 2.45) is 0 Å². The SMILES string of the molecule is CCN1CCN(CC2(c3onc(-c4ccc(O)cc4)c3-c3ccccc3)CC2)CC1. The molecule has 0 bridgehead atoms. The predicted molar refractivity (Wildman–Crippen MR) is 119 cm³/mol. The van der Waals surface area contributed by atoms with Gasteiger partial charge in [0.15, 0.2) is 5.76 Å². The summed E-state index contributed by atoms with van der Waals surface area (Å²) in [6, 6.07) is 17.7. The third-order valence-corrected chi connectivity index (χ3v) is 6.67. The summed E-state index contributed by atoms with van der Waals surface area (Å²) < 4.78 is 6.10. The lowest BCUT2D eigenvalue weighted by Gasteiger charge is -2.35. The van der Waals surface area contributed by atoms with Gasteiger partial charge in [-0.3, -0.25) is 4.90 Å². The summed E-state index contributed by atoms with van der Waals surface area (Å²) >= 11 is 0. The number of aromatic nitrogens is 1. The van der Waals surface area contributed by atoms with Crippen molar-refractivity contribution in [1.29, 1.82) is 0 Å². The highest BCUT2D eigenvalue weighted by atomic mass is 16.5. The summed E-state index contributed by atoms with van der Waals surface area (Å²) in [6.07, 6.45) is 2.29. The van der Waals surface area contributed by atoms with E-state index < -0.39 is 0 Å². The maximum absolute atomic E-state index is 9.70. The largest absolute Gasteiger partial charge is 0.508 e. The van der Waals surface area contributed by atoms with Crippen LogP contribution in [0.1, 0.15) is 25.5 Å². The normalized spacial score (nSPS) is 19.1. The first-order valence-corrected chi connectivity index (χ1v) is 11.0. The van der Waals surface area contributed by atoms with Crippen molar-refractivity contribution >= 4 is 0 Å². The van der Waals surface area contributed by atoms with E-state index >= 15 is 0 Å². The molecule has 0 radical (unpaired) electrons. The van der Waals surface area contributed by atoms with Crippen LogP contribution in [0.25, 0.3) is 22.4 Å². The zero-order valence-corrected chi connectivity index (χ0v) is 17.6. The molecule has 0 spiro atoms. The van der Waals surface area contributed by atoms with E-state index in [1.807, 2.05) is 18.2 Å². The summed E-state index contributed by atoms with van der Waals surface area (Å²) in [5.74, 6) is 1.28. The summed E-state index contributed by atoms with van der Waals surface area (Å²) in [5, 5.41) is 14.2. The van der Waals surface area contributed by atoms with E-state index in [2.05, 4.69) is 46.1 Å². The van der Waals surface area contributed by atoms with E-state index in [-0.39, 0.29) is 11.2 Å². The molecule has 1 N–H and O–H groups in total. The van der Waals surface area contributed by atoms with Crippen molar-refractivity contribution in [3.63, 3.8) is 0 Å². The van der Waals surface area contributed by atoms with Crippen LogP contribution in [0.4, 0.5) is 0 Å². The summed E-state index contributed by atoms with van der Waals surface area (Å²) in [5.41, 5.74) is 4.12. The molecule has 5 rings (SSSR count). The Morgan fingerprint density at radius 2 is 1.57 bits per heavy atom. The van der Waals surface area contributed by atoms with Crippen molar-refractivity contribution in [3.8, 4) is 28.1 Å². The number of phenolic OH excluding ortho intramolecular Hbond substituents is 1. The second-order valence-corrected chi connectivity index (χ2v) is 8.64. The Balaban J connectivity index is 1.50. The van der Waals surface area contributed by atoms with E-state index in [9.17, 15) is 5.11 Å². The maximum atomic E-state index is 9.70. The molecule has 1 aliphatic heterocycles. The Bertz CT molecular complexity index is 985. The molecule has 3 aromatic rings. The molecule has 5 nitrogen and oxygen atoms in total. The van der Waals surface area contributed by atoms with Gasteiger partial charge < -0.3 is 14.5 Å². The van der Waals surface area contributed by atoms with Gasteiger partial charge >= 0.3 is 0 Å². The Labute approximate surface area is 177 Å². The minimum atomic E-state index is 0.0573. The van der Waals surface area contributed by atoms with Crippen LogP contribution in [0.15, 0.2) is 59.1 Å². The molecule has 2 aromatic carbocycles. The highest BCUT2D eigenvalue weighted by Crippen LogP contribution is 2.53. The van der Waals surface area contributed by atoms with E-state index in [0.29, 0.717) is 0 Å². The third-order valence-electron chi connectivity index (χ3n) is 6.67. The van der Waals surface area contributed by atoms with Gasteiger partial charge in [0, 0.05) is 43.7 Å². The van der Waals surface area contributed by atoms with Crippen LogP contribution in [-0.4, -0.2) is 59.3 Å². The monoisotopic (exact) mass is 403 g/mol. The lowest BCUT2D eigenvalue weighted by molar-refractivity contribution is 0.124. The predicted octanol–water partition coefficient (Wildman–Crippen LogP) is 4.38. The Kier molecular flexibility index (Phi) is 5.09. The number of phenols is 1. The van der Waals surface area contributed by atoms with Crippen molar-refractivity contribution in [1.82, 2.24) is 15.0 Å². The van der Waals surface area contributed by atoms with Crippen LogP contribution in [0.5, 0.6) is 5.75 Å². The minimum absolute atomic E-state index is 0.0573. The average molecular weight is 404 g/mol. The van der Waals surface area contributed by atoms with Crippen LogP contribution in [0.2, 0.25) is 0 Å². The molecule has 0 amide bonds. The molecule has 2 fully saturated rings. The van der Waals surface area contributed by atoms with E-state index in [1.165, 1.54) is 0 Å². The number of piperazine rings is 1. The van der Waals surface area contributed by atoms with Gasteiger partial charge in [0.25, 0.3) is 0 Å². The Morgan fingerprint density at radius 1 is 0.900 bits per heavy atom. The molecular formula is C25H29N3O2. The van der Waals surface area contributed by atoms with Gasteiger partial charge in [0.1, 0.15) is 11.4 Å². The van der Waals surface area contributed by atoms with Gasteiger partial charge in [-0.05, 0) is 49.2 Å². The van der Waals surface area contributed by atoms with Crippen LogP contribution >= 0.6 is 0 Å². The fraction of sp³-hybridized carbons (Fsp3) is 0.400. The molecular weight excluding hydrogens is 374 g/mol. The number of nitrogens with zero attached hydrogens (tertiary/aromatic N) is 3. The van der Waals surface area contributed by atoms with Crippen LogP contribution in [0.3, 0.4) is 0 Å². The minimum Gasteiger partial charge on any atom is -0.508 e. The van der Waals surface area contributed by atoms with Gasteiger partial charge in [-0.15, -0.1) is 0 Å².